The second-order valence-corrected chi connectivity index (χ2v) is 9.96. The zero-order valence-corrected chi connectivity index (χ0v) is 22.0. The molecule has 1 amide bonds. The van der Waals surface area contributed by atoms with Crippen molar-refractivity contribution in [3.63, 3.8) is 0 Å². The van der Waals surface area contributed by atoms with Crippen LogP contribution in [0.25, 0.3) is 10.9 Å². The van der Waals surface area contributed by atoms with Crippen molar-refractivity contribution in [2.45, 2.75) is 26.9 Å². The lowest BCUT2D eigenvalue weighted by molar-refractivity contribution is -0.119. The number of aromatic nitrogens is 1. The summed E-state index contributed by atoms with van der Waals surface area (Å²) in [6, 6.07) is 20.6. The molecule has 0 radical (unpaired) electrons. The number of para-hydroxylation sites is 1. The summed E-state index contributed by atoms with van der Waals surface area (Å²) in [4.78, 5) is 30.3. The Morgan fingerprint density at radius 1 is 0.973 bits per heavy atom. The number of anilines is 3. The molecule has 4 aromatic rings. The molecule has 0 saturated heterocycles. The van der Waals surface area contributed by atoms with Gasteiger partial charge in [-0.1, -0.05) is 55.2 Å². The van der Waals surface area contributed by atoms with Gasteiger partial charge in [0.1, 0.15) is 0 Å². The van der Waals surface area contributed by atoms with Crippen molar-refractivity contribution < 1.29 is 9.59 Å². The average Bonchev–Trinajstić information content (AvgIpc) is 3.48. The smallest absolute Gasteiger partial charge is 0.226 e. The van der Waals surface area contributed by atoms with Crippen LogP contribution in [-0.4, -0.2) is 22.5 Å². The number of nitrogens with zero attached hydrogens (tertiary/aromatic N) is 3. The Labute approximate surface area is 224 Å². The third-order valence-electron chi connectivity index (χ3n) is 6.23. The van der Waals surface area contributed by atoms with Gasteiger partial charge < -0.3 is 10.3 Å². The van der Waals surface area contributed by atoms with Crippen LogP contribution in [-0.2, 0) is 9.59 Å². The number of carbonyl (C=O) groups excluding carboxylic acids is 2. The number of H-pyrrole nitrogens is 1. The van der Waals surface area contributed by atoms with Crippen LogP contribution in [0.15, 0.2) is 78.0 Å². The molecule has 2 heterocycles. The molecule has 1 aliphatic heterocycles. The van der Waals surface area contributed by atoms with Crippen molar-refractivity contribution in [2.75, 3.05) is 15.2 Å². The van der Waals surface area contributed by atoms with Gasteiger partial charge in [-0.05, 0) is 48.5 Å². The number of nitrogens with one attached hydrogen (secondary N) is 2. The summed E-state index contributed by atoms with van der Waals surface area (Å²) in [5.41, 5.74) is 4.00. The van der Waals surface area contributed by atoms with Crippen molar-refractivity contribution in [3.8, 4) is 0 Å². The molecule has 1 aromatic heterocycles. The van der Waals surface area contributed by atoms with Crippen LogP contribution in [0.5, 0.6) is 0 Å². The van der Waals surface area contributed by atoms with Gasteiger partial charge in [-0.15, -0.1) is 5.10 Å². The molecule has 188 valence electrons. The summed E-state index contributed by atoms with van der Waals surface area (Å²) in [6.45, 7) is 5.17. The van der Waals surface area contributed by atoms with E-state index in [1.807, 2.05) is 79.5 Å². The second-order valence-electron chi connectivity index (χ2n) is 9.15. The molecule has 2 N–H and O–H groups in total. The molecule has 0 bridgehead atoms. The molecular weight excluding hydrogens is 509 g/mol. The van der Waals surface area contributed by atoms with Crippen molar-refractivity contribution >= 4 is 68.7 Å². The number of carbonyl (C=O) groups is 2. The summed E-state index contributed by atoms with van der Waals surface area (Å²) in [6.07, 6.45) is 1.44. The van der Waals surface area contributed by atoms with Crippen molar-refractivity contribution in [1.82, 2.24) is 4.98 Å². The Hall–Kier alpha value is -3.81. The molecule has 0 unspecified atom stereocenters. The second kappa shape index (κ2) is 9.92. The van der Waals surface area contributed by atoms with Crippen LogP contribution < -0.4 is 15.2 Å². The van der Waals surface area contributed by atoms with E-state index in [9.17, 15) is 9.59 Å². The van der Waals surface area contributed by atoms with E-state index in [4.69, 9.17) is 28.3 Å². The third kappa shape index (κ3) is 4.68. The number of amidine groups is 1. The molecule has 5 rings (SSSR count). The van der Waals surface area contributed by atoms with Gasteiger partial charge in [0, 0.05) is 46.9 Å². The summed E-state index contributed by atoms with van der Waals surface area (Å²) < 4.78 is 0. The van der Waals surface area contributed by atoms with E-state index in [1.165, 1.54) is 6.92 Å². The molecule has 37 heavy (non-hydrogen) atoms. The Morgan fingerprint density at radius 2 is 1.68 bits per heavy atom. The van der Waals surface area contributed by atoms with Crippen LogP contribution >= 0.6 is 23.2 Å². The maximum Gasteiger partial charge on any atom is 0.226 e. The van der Waals surface area contributed by atoms with Crippen LogP contribution in [0.3, 0.4) is 0 Å². The summed E-state index contributed by atoms with van der Waals surface area (Å²) in [5, 5.41) is 11.3. The van der Waals surface area contributed by atoms with E-state index >= 15 is 0 Å². The highest BCUT2D eigenvalue weighted by Gasteiger charge is 2.40. The van der Waals surface area contributed by atoms with Gasteiger partial charge >= 0.3 is 0 Å². The molecule has 0 spiro atoms. The number of amides is 1. The van der Waals surface area contributed by atoms with Crippen molar-refractivity contribution in [2.24, 2.45) is 11.0 Å². The Morgan fingerprint density at radius 3 is 2.35 bits per heavy atom. The highest BCUT2D eigenvalue weighted by molar-refractivity contribution is 6.44. The van der Waals surface area contributed by atoms with E-state index < -0.39 is 6.17 Å². The van der Waals surface area contributed by atoms with E-state index in [0.29, 0.717) is 21.4 Å². The van der Waals surface area contributed by atoms with Gasteiger partial charge in [0.2, 0.25) is 5.91 Å². The first-order valence-corrected chi connectivity index (χ1v) is 12.6. The van der Waals surface area contributed by atoms with Gasteiger partial charge in [-0.25, -0.2) is 5.01 Å². The fourth-order valence-electron chi connectivity index (χ4n) is 4.33. The van der Waals surface area contributed by atoms with E-state index in [2.05, 4.69) is 10.3 Å². The predicted octanol–water partition coefficient (Wildman–Crippen LogP) is 7.00. The minimum atomic E-state index is -0.497. The molecule has 0 fully saturated rings. The number of benzene rings is 3. The van der Waals surface area contributed by atoms with Crippen LogP contribution in [0, 0.1) is 5.92 Å². The summed E-state index contributed by atoms with van der Waals surface area (Å²) in [7, 11) is 0. The Balaban J connectivity index is 1.64. The third-order valence-corrected chi connectivity index (χ3v) is 6.97. The number of hydrogen-bond donors (Lipinski definition) is 2. The average molecular weight is 534 g/mol. The number of hydrazone groups is 1. The van der Waals surface area contributed by atoms with Crippen molar-refractivity contribution in [1.29, 1.82) is 0 Å². The minimum Gasteiger partial charge on any atom is -0.361 e. The first-order chi connectivity index (χ1) is 17.7. The summed E-state index contributed by atoms with van der Waals surface area (Å²) >= 11 is 12.6. The predicted molar refractivity (Wildman–Crippen MR) is 150 cm³/mol. The quantitative estimate of drug-likeness (QED) is 0.279. The van der Waals surface area contributed by atoms with Crippen LogP contribution in [0.2, 0.25) is 10.0 Å². The number of rotatable bonds is 6. The zero-order valence-electron chi connectivity index (χ0n) is 20.5. The SMILES string of the molecule is CC(=O)C1=NN(c2ccc(Cl)c(Cl)c2)[C@H](c2c[nH]c3ccccc23)N1c1ccc(NC(=O)C(C)C)cc1. The highest BCUT2D eigenvalue weighted by Crippen LogP contribution is 2.42. The van der Waals surface area contributed by atoms with Gasteiger partial charge in [0.25, 0.3) is 0 Å². The first kappa shape index (κ1) is 24.9. The molecule has 1 aliphatic rings. The zero-order chi connectivity index (χ0) is 26.3. The lowest BCUT2D eigenvalue weighted by Gasteiger charge is -2.32. The van der Waals surface area contributed by atoms with E-state index in [0.717, 1.165) is 22.2 Å². The van der Waals surface area contributed by atoms with Crippen molar-refractivity contribution in [3.05, 3.63) is 88.5 Å². The van der Waals surface area contributed by atoms with Gasteiger partial charge in [-0.3, -0.25) is 14.5 Å². The fraction of sp³-hybridized carbons (Fsp3) is 0.179. The standard InChI is InChI=1S/C28H25Cl2N5O2/c1-16(2)27(37)32-18-8-10-19(11-9-18)34-26(17(3)36)33-35(20-12-13-23(29)24(30)14-20)28(34)22-15-31-25-7-5-4-6-21(22)25/h4-16,28,31H,1-3H3,(H,32,37)/t28-/m1/s1. The molecule has 3 aromatic carbocycles. The molecule has 9 heteroatoms. The topological polar surface area (TPSA) is 80.8 Å². The van der Waals surface area contributed by atoms with Gasteiger partial charge in [-0.2, -0.15) is 0 Å². The largest absolute Gasteiger partial charge is 0.361 e. The number of Topliss-reactive ketones (excluding diaryl/α,β-unsaturated/α-hetero) is 1. The summed E-state index contributed by atoms with van der Waals surface area (Å²) in [5.74, 6) is -0.118. The first-order valence-electron chi connectivity index (χ1n) is 11.8. The number of ketones is 1. The molecule has 1 atom stereocenters. The van der Waals surface area contributed by atoms with Crippen LogP contribution in [0.4, 0.5) is 17.1 Å². The Bertz CT molecular complexity index is 1530. The highest BCUT2D eigenvalue weighted by atomic mass is 35.5. The monoisotopic (exact) mass is 533 g/mol. The fourth-order valence-corrected chi connectivity index (χ4v) is 4.62. The maximum atomic E-state index is 12.9. The lowest BCUT2D eigenvalue weighted by Crippen LogP contribution is -2.37. The number of halogens is 2. The molecular formula is C28H25Cl2N5O2. The van der Waals surface area contributed by atoms with Gasteiger partial charge in [0.15, 0.2) is 17.8 Å². The minimum absolute atomic E-state index is 0.0672. The lowest BCUT2D eigenvalue weighted by atomic mass is 10.1. The normalized spacial score (nSPS) is 15.4. The number of fused-ring (bicyclic) bond motifs is 1. The van der Waals surface area contributed by atoms with Gasteiger partial charge in [0.05, 0.1) is 15.7 Å². The number of hydrogen-bond acceptors (Lipinski definition) is 5. The molecule has 7 nitrogen and oxygen atoms in total. The Kier molecular flexibility index (Phi) is 6.67. The van der Waals surface area contributed by atoms with E-state index in [-0.39, 0.29) is 23.4 Å². The maximum absolute atomic E-state index is 12.9. The molecule has 0 saturated carbocycles. The number of aromatic amines is 1. The van der Waals surface area contributed by atoms with Crippen LogP contribution in [0.1, 0.15) is 32.5 Å². The van der Waals surface area contributed by atoms with E-state index in [1.54, 1.807) is 17.1 Å². The molecule has 0 aliphatic carbocycles.